The fraction of sp³-hybridized carbons (Fsp3) is 0.143. The summed E-state index contributed by atoms with van der Waals surface area (Å²) in [6.07, 6.45) is 0. The largest absolute Gasteiger partial charge is 0.389 e. The number of hydrogen-bond donors (Lipinski definition) is 2. The number of aryl methyl sites for hydroxylation is 2. The highest BCUT2D eigenvalue weighted by Crippen LogP contribution is 2.28. The van der Waals surface area contributed by atoms with E-state index in [2.05, 4.69) is 26.2 Å². The maximum Gasteiger partial charge on any atom is 0.141 e. The Morgan fingerprint density at radius 2 is 2.05 bits per heavy atom. The Kier molecular flexibility index (Phi) is 4.35. The first-order chi connectivity index (χ1) is 9.38. The fourth-order valence-electron chi connectivity index (χ4n) is 1.96. The van der Waals surface area contributed by atoms with Gasteiger partial charge in [-0.15, -0.1) is 0 Å². The molecule has 0 atom stereocenters. The van der Waals surface area contributed by atoms with E-state index in [-0.39, 0.29) is 10.8 Å². The maximum absolute atomic E-state index is 13.3. The van der Waals surface area contributed by atoms with E-state index in [1.54, 1.807) is 6.07 Å². The van der Waals surface area contributed by atoms with Crippen LogP contribution in [0.1, 0.15) is 16.8 Å². The van der Waals surface area contributed by atoms with Crippen LogP contribution in [0.4, 0.5) is 15.9 Å². The number of aromatic nitrogens is 1. The summed E-state index contributed by atoms with van der Waals surface area (Å²) in [5.74, 6) is 0.193. The number of benzene rings is 1. The van der Waals surface area contributed by atoms with Crippen molar-refractivity contribution >= 4 is 44.6 Å². The summed E-state index contributed by atoms with van der Waals surface area (Å²) >= 11 is 8.43. The van der Waals surface area contributed by atoms with Crippen molar-refractivity contribution in [2.45, 2.75) is 13.8 Å². The second-order valence-corrected chi connectivity index (χ2v) is 5.71. The van der Waals surface area contributed by atoms with Gasteiger partial charge in [-0.2, -0.15) is 0 Å². The average Bonchev–Trinajstić information content (AvgIpc) is 2.32. The van der Waals surface area contributed by atoms with Crippen LogP contribution in [0.3, 0.4) is 0 Å². The molecule has 0 aliphatic carbocycles. The van der Waals surface area contributed by atoms with E-state index in [1.807, 2.05) is 19.9 Å². The zero-order chi connectivity index (χ0) is 14.9. The Bertz CT molecular complexity index is 688. The van der Waals surface area contributed by atoms with Crippen LogP contribution in [-0.2, 0) is 0 Å². The molecule has 0 aliphatic heterocycles. The Hall–Kier alpha value is -1.53. The zero-order valence-corrected chi connectivity index (χ0v) is 13.4. The van der Waals surface area contributed by atoms with Crippen molar-refractivity contribution in [1.29, 1.82) is 0 Å². The molecule has 0 saturated carbocycles. The second kappa shape index (κ2) is 5.85. The van der Waals surface area contributed by atoms with Crippen molar-refractivity contribution in [3.63, 3.8) is 0 Å². The molecule has 104 valence electrons. The molecule has 1 heterocycles. The Morgan fingerprint density at radius 3 is 2.70 bits per heavy atom. The van der Waals surface area contributed by atoms with Gasteiger partial charge >= 0.3 is 0 Å². The van der Waals surface area contributed by atoms with Crippen LogP contribution >= 0.6 is 28.1 Å². The third-order valence-electron chi connectivity index (χ3n) is 2.77. The molecule has 1 aromatic heterocycles. The Labute approximate surface area is 130 Å². The van der Waals surface area contributed by atoms with Gasteiger partial charge in [0.2, 0.25) is 0 Å². The number of thiocarbonyl (C=S) groups is 1. The first kappa shape index (κ1) is 14.9. The number of nitrogens with zero attached hydrogens (tertiary/aromatic N) is 1. The standard InChI is InChI=1S/C14H13BrFN3S/c1-7-5-8(2)18-14(12(7)13(17)20)19-11-6-9(16)3-4-10(11)15/h3-6H,1-2H3,(H2,17,20)(H,18,19). The fourth-order valence-corrected chi connectivity index (χ4v) is 2.56. The van der Waals surface area contributed by atoms with Gasteiger partial charge in [0.1, 0.15) is 16.6 Å². The summed E-state index contributed by atoms with van der Waals surface area (Å²) in [7, 11) is 0. The predicted octanol–water partition coefficient (Wildman–Crippen LogP) is 3.98. The number of hydrogen-bond acceptors (Lipinski definition) is 3. The third-order valence-corrected chi connectivity index (χ3v) is 3.67. The number of halogens is 2. The predicted molar refractivity (Wildman–Crippen MR) is 87.0 cm³/mol. The van der Waals surface area contributed by atoms with Crippen molar-refractivity contribution in [2.24, 2.45) is 5.73 Å². The van der Waals surface area contributed by atoms with Crippen LogP contribution < -0.4 is 11.1 Å². The summed E-state index contributed by atoms with van der Waals surface area (Å²) in [4.78, 5) is 4.65. The van der Waals surface area contributed by atoms with E-state index in [4.69, 9.17) is 18.0 Å². The van der Waals surface area contributed by atoms with Crippen LogP contribution in [0.5, 0.6) is 0 Å². The van der Waals surface area contributed by atoms with Crippen LogP contribution in [0.25, 0.3) is 0 Å². The van der Waals surface area contributed by atoms with Gasteiger partial charge in [-0.25, -0.2) is 9.37 Å². The van der Waals surface area contributed by atoms with Crippen molar-refractivity contribution in [2.75, 3.05) is 5.32 Å². The van der Waals surface area contributed by atoms with Gasteiger partial charge in [0.15, 0.2) is 0 Å². The van der Waals surface area contributed by atoms with Crippen LogP contribution in [-0.4, -0.2) is 9.97 Å². The van der Waals surface area contributed by atoms with E-state index in [1.165, 1.54) is 12.1 Å². The summed E-state index contributed by atoms with van der Waals surface area (Å²) in [5.41, 5.74) is 8.75. The molecule has 3 nitrogen and oxygen atoms in total. The quantitative estimate of drug-likeness (QED) is 0.819. The van der Waals surface area contributed by atoms with Crippen molar-refractivity contribution < 1.29 is 4.39 Å². The van der Waals surface area contributed by atoms with Crippen molar-refractivity contribution in [3.05, 3.63) is 51.4 Å². The summed E-state index contributed by atoms with van der Waals surface area (Å²) in [6.45, 7) is 3.79. The first-order valence-corrected chi connectivity index (χ1v) is 7.08. The third kappa shape index (κ3) is 3.13. The topological polar surface area (TPSA) is 50.9 Å². The minimum atomic E-state index is -0.336. The van der Waals surface area contributed by atoms with Crippen molar-refractivity contribution in [1.82, 2.24) is 4.98 Å². The molecular formula is C14H13BrFN3S. The molecule has 6 heteroatoms. The Morgan fingerprint density at radius 1 is 1.35 bits per heavy atom. The Balaban J connectivity index is 2.53. The number of anilines is 2. The second-order valence-electron chi connectivity index (χ2n) is 4.42. The lowest BCUT2D eigenvalue weighted by atomic mass is 10.1. The molecule has 0 aliphatic rings. The number of pyridine rings is 1. The molecule has 0 spiro atoms. The SMILES string of the molecule is Cc1cc(C)c(C(N)=S)c(Nc2cc(F)ccc2Br)n1. The molecule has 0 amide bonds. The molecule has 2 aromatic rings. The molecule has 0 radical (unpaired) electrons. The normalized spacial score (nSPS) is 10.4. The van der Waals surface area contributed by atoms with Gasteiger partial charge in [0, 0.05) is 10.2 Å². The molecule has 2 rings (SSSR count). The summed E-state index contributed by atoms with van der Waals surface area (Å²) < 4.78 is 14.1. The molecule has 0 saturated heterocycles. The molecule has 3 N–H and O–H groups in total. The minimum Gasteiger partial charge on any atom is -0.389 e. The van der Waals surface area contributed by atoms with E-state index in [9.17, 15) is 4.39 Å². The number of rotatable bonds is 3. The van der Waals surface area contributed by atoms with Gasteiger partial charge in [0.05, 0.1) is 11.3 Å². The van der Waals surface area contributed by atoms with Gasteiger partial charge in [0.25, 0.3) is 0 Å². The summed E-state index contributed by atoms with van der Waals surface area (Å²) in [6, 6.07) is 6.28. The number of nitrogens with two attached hydrogens (primary N) is 1. The zero-order valence-electron chi connectivity index (χ0n) is 11.0. The van der Waals surface area contributed by atoms with Gasteiger partial charge < -0.3 is 11.1 Å². The molecule has 0 unspecified atom stereocenters. The lowest BCUT2D eigenvalue weighted by molar-refractivity contribution is 0.628. The molecule has 20 heavy (non-hydrogen) atoms. The van der Waals surface area contributed by atoms with E-state index in [0.717, 1.165) is 15.7 Å². The van der Waals surface area contributed by atoms with Crippen molar-refractivity contribution in [3.8, 4) is 0 Å². The van der Waals surface area contributed by atoms with Gasteiger partial charge in [-0.05, 0) is 59.6 Å². The lowest BCUT2D eigenvalue weighted by Gasteiger charge is -2.14. The highest BCUT2D eigenvalue weighted by Gasteiger charge is 2.13. The highest BCUT2D eigenvalue weighted by atomic mass is 79.9. The highest BCUT2D eigenvalue weighted by molar-refractivity contribution is 9.10. The monoisotopic (exact) mass is 353 g/mol. The first-order valence-electron chi connectivity index (χ1n) is 5.88. The minimum absolute atomic E-state index is 0.255. The van der Waals surface area contributed by atoms with E-state index < -0.39 is 0 Å². The number of nitrogens with one attached hydrogen (secondary N) is 1. The van der Waals surface area contributed by atoms with Crippen LogP contribution in [0.2, 0.25) is 0 Å². The van der Waals surface area contributed by atoms with E-state index in [0.29, 0.717) is 17.1 Å². The average molecular weight is 354 g/mol. The van der Waals surface area contributed by atoms with Gasteiger partial charge in [-0.1, -0.05) is 12.2 Å². The lowest BCUT2D eigenvalue weighted by Crippen LogP contribution is -2.15. The molecular weight excluding hydrogens is 341 g/mol. The van der Waals surface area contributed by atoms with Crippen LogP contribution in [0, 0.1) is 19.7 Å². The van der Waals surface area contributed by atoms with Gasteiger partial charge in [-0.3, -0.25) is 0 Å². The smallest absolute Gasteiger partial charge is 0.141 e. The molecule has 1 aromatic carbocycles. The molecule has 0 bridgehead atoms. The molecule has 0 fully saturated rings. The van der Waals surface area contributed by atoms with E-state index >= 15 is 0 Å². The summed E-state index contributed by atoms with van der Waals surface area (Å²) in [5, 5.41) is 3.08. The van der Waals surface area contributed by atoms with Crippen LogP contribution in [0.15, 0.2) is 28.7 Å². The maximum atomic E-state index is 13.3.